The fraction of sp³-hybridized carbons (Fsp3) is 0.444. The second-order valence-corrected chi connectivity index (χ2v) is 11.8. The first-order valence-corrected chi connectivity index (χ1v) is 13.9. The Kier molecular flexibility index (Phi) is 8.08. The van der Waals surface area contributed by atoms with Crippen molar-refractivity contribution in [3.63, 3.8) is 0 Å². The Hall–Kier alpha value is -2.80. The molecule has 2 aromatic rings. The summed E-state index contributed by atoms with van der Waals surface area (Å²) in [5.41, 5.74) is 9.76. The quantitative estimate of drug-likeness (QED) is 0.0676. The zero-order valence-corrected chi connectivity index (χ0v) is 21.8. The van der Waals surface area contributed by atoms with Crippen LogP contribution in [0.5, 0.6) is 0 Å². The van der Waals surface area contributed by atoms with Gasteiger partial charge < -0.3 is 31.6 Å². The first kappa shape index (κ1) is 26.3. The Labute approximate surface area is 221 Å². The molecule has 14 nitrogen and oxygen atoms in total. The molecule has 36 heavy (non-hydrogen) atoms. The van der Waals surface area contributed by atoms with Gasteiger partial charge >= 0.3 is 5.97 Å². The number of fused-ring (bicyclic) bond motifs is 1. The maximum atomic E-state index is 12.9. The molecule has 0 bridgehead atoms. The summed E-state index contributed by atoms with van der Waals surface area (Å²) in [6, 6.07) is -0.863. The third-order valence-corrected chi connectivity index (χ3v) is 9.70. The van der Waals surface area contributed by atoms with E-state index in [2.05, 4.69) is 36.6 Å². The topological polar surface area (TPSA) is 212 Å². The number of nitrogens with two attached hydrogens (primary N) is 2. The monoisotopic (exact) mass is 571 g/mol. The van der Waals surface area contributed by atoms with E-state index in [0.717, 1.165) is 11.5 Å². The van der Waals surface area contributed by atoms with Gasteiger partial charge in [-0.05, 0) is 0 Å². The van der Waals surface area contributed by atoms with Crippen LogP contribution in [0.15, 0.2) is 22.2 Å². The van der Waals surface area contributed by atoms with E-state index >= 15 is 0 Å². The highest BCUT2D eigenvalue weighted by Gasteiger charge is 2.57. The summed E-state index contributed by atoms with van der Waals surface area (Å²) in [6.45, 7) is 3.83. The summed E-state index contributed by atoms with van der Waals surface area (Å²) in [4.78, 5) is 48.5. The van der Waals surface area contributed by atoms with Crippen molar-refractivity contribution in [2.75, 3.05) is 30.4 Å². The van der Waals surface area contributed by atoms with Crippen molar-refractivity contribution in [2.45, 2.75) is 22.3 Å². The predicted molar refractivity (Wildman–Crippen MR) is 135 cm³/mol. The lowest BCUT2D eigenvalue weighted by Gasteiger charge is -2.53. The third kappa shape index (κ3) is 5.31. The van der Waals surface area contributed by atoms with Gasteiger partial charge in [-0.3, -0.25) is 14.4 Å². The minimum Gasteiger partial charge on any atom is -0.481 e. The number of aromatic nitrogens is 4. The van der Waals surface area contributed by atoms with E-state index < -0.39 is 34.6 Å². The SMILES string of the molecule is C=CCON=C(C(=O)NC1C(=O)N2CC(CSc3nnc(CN)s3)(C(=O)O)CS[C@H]12)c1nsc(N)n1. The molecular weight excluding hydrogens is 551 g/mol. The number of thioether (sulfide) groups is 2. The number of amides is 2. The number of nitrogens with zero attached hydrogens (tertiary/aromatic N) is 6. The number of hydrogen-bond acceptors (Lipinski definition) is 15. The van der Waals surface area contributed by atoms with Crippen molar-refractivity contribution in [2.24, 2.45) is 16.3 Å². The molecule has 2 aliphatic rings. The molecule has 0 aliphatic carbocycles. The molecule has 0 radical (unpaired) electrons. The molecule has 0 spiro atoms. The standard InChI is InChI=1S/C18H21N9O5S4/c1-2-3-32-25-9(11-22-16(20)36-26-11)12(28)21-10-13(29)27-5-18(15(30)31,6-33-14(10)27)7-34-17-24-23-8(4-19)35-17/h2,10,14H,1,3-7,19H2,(H,21,28)(H,30,31)(H2,20,22,26)/t10?,14-,18?/m1/s1. The number of rotatable bonds is 11. The Balaban J connectivity index is 1.42. The Bertz CT molecular complexity index is 1200. The van der Waals surface area contributed by atoms with E-state index in [0.29, 0.717) is 9.35 Å². The predicted octanol–water partition coefficient (Wildman–Crippen LogP) is -0.400. The van der Waals surface area contributed by atoms with Gasteiger partial charge in [0, 0.05) is 36.1 Å². The molecule has 2 aromatic heterocycles. The van der Waals surface area contributed by atoms with Gasteiger partial charge in [0.15, 0.2) is 9.47 Å². The van der Waals surface area contributed by atoms with Crippen LogP contribution in [0.3, 0.4) is 0 Å². The number of carboxylic acid groups (broad SMARTS) is 1. The lowest BCUT2D eigenvalue weighted by molar-refractivity contribution is -0.157. The average molecular weight is 572 g/mol. The van der Waals surface area contributed by atoms with Crippen molar-refractivity contribution in [3.8, 4) is 0 Å². The van der Waals surface area contributed by atoms with E-state index in [1.54, 1.807) is 0 Å². The molecule has 2 saturated heterocycles. The smallest absolute Gasteiger partial charge is 0.313 e. The fourth-order valence-electron chi connectivity index (χ4n) is 3.36. The fourth-order valence-corrected chi connectivity index (χ4v) is 7.43. The molecule has 0 saturated carbocycles. The van der Waals surface area contributed by atoms with Crippen LogP contribution < -0.4 is 16.8 Å². The number of nitrogen functional groups attached to an aromatic ring is 1. The molecule has 0 aromatic carbocycles. The molecule has 2 unspecified atom stereocenters. The second-order valence-electron chi connectivity index (χ2n) is 7.64. The van der Waals surface area contributed by atoms with E-state index in [-0.39, 0.29) is 47.9 Å². The molecule has 192 valence electrons. The first-order valence-electron chi connectivity index (χ1n) is 10.3. The zero-order valence-electron chi connectivity index (χ0n) is 18.5. The van der Waals surface area contributed by atoms with Gasteiger partial charge in [-0.2, -0.15) is 9.36 Å². The van der Waals surface area contributed by atoms with Gasteiger partial charge in [0.2, 0.25) is 17.4 Å². The van der Waals surface area contributed by atoms with E-state index in [1.165, 1.54) is 45.8 Å². The van der Waals surface area contributed by atoms with E-state index in [4.69, 9.17) is 16.3 Å². The third-order valence-electron chi connectivity index (χ3n) is 5.20. The molecular formula is C18H21N9O5S4. The summed E-state index contributed by atoms with van der Waals surface area (Å²) in [6.07, 6.45) is 1.45. The summed E-state index contributed by atoms with van der Waals surface area (Å²) >= 11 is 4.75. The van der Waals surface area contributed by atoms with Crippen LogP contribution in [0.25, 0.3) is 0 Å². The van der Waals surface area contributed by atoms with E-state index in [9.17, 15) is 19.5 Å². The number of nitrogens with one attached hydrogen (secondary N) is 1. The van der Waals surface area contributed by atoms with Crippen LogP contribution in [-0.4, -0.2) is 89.1 Å². The summed E-state index contributed by atoms with van der Waals surface area (Å²) in [5.74, 6) is -1.70. The van der Waals surface area contributed by atoms with Crippen LogP contribution in [0.1, 0.15) is 10.8 Å². The number of hydrogen-bond donors (Lipinski definition) is 4. The van der Waals surface area contributed by atoms with Crippen LogP contribution >= 0.6 is 46.4 Å². The number of aliphatic carboxylic acids is 1. The van der Waals surface area contributed by atoms with Gasteiger partial charge in [-0.1, -0.05) is 40.9 Å². The number of carbonyl (C=O) groups is 3. The average Bonchev–Trinajstić information content (AvgIpc) is 3.52. The largest absolute Gasteiger partial charge is 0.481 e. The highest BCUT2D eigenvalue weighted by Crippen LogP contribution is 2.44. The lowest BCUT2D eigenvalue weighted by atomic mass is 9.89. The number of anilines is 1. The Morgan fingerprint density at radius 3 is 2.89 bits per heavy atom. The molecule has 2 aliphatic heterocycles. The molecule has 3 atom stereocenters. The van der Waals surface area contributed by atoms with Gasteiger partial charge in [0.25, 0.3) is 5.91 Å². The molecule has 4 rings (SSSR count). The highest BCUT2D eigenvalue weighted by molar-refractivity contribution is 8.01. The Morgan fingerprint density at radius 2 is 2.25 bits per heavy atom. The van der Waals surface area contributed by atoms with Crippen LogP contribution in [-0.2, 0) is 25.8 Å². The maximum Gasteiger partial charge on any atom is 0.313 e. The normalized spacial score (nSPS) is 23.5. The van der Waals surface area contributed by atoms with Gasteiger partial charge in [-0.15, -0.1) is 22.0 Å². The van der Waals surface area contributed by atoms with E-state index in [1.807, 2.05) is 0 Å². The van der Waals surface area contributed by atoms with Crippen LogP contribution in [0.4, 0.5) is 5.13 Å². The van der Waals surface area contributed by atoms with Gasteiger partial charge in [0.1, 0.15) is 28.4 Å². The van der Waals surface area contributed by atoms with Crippen molar-refractivity contribution < 1.29 is 24.3 Å². The van der Waals surface area contributed by atoms with Crippen molar-refractivity contribution >= 4 is 75.0 Å². The summed E-state index contributed by atoms with van der Waals surface area (Å²) in [7, 11) is 0. The molecule has 4 heterocycles. The Morgan fingerprint density at radius 1 is 1.44 bits per heavy atom. The molecule has 2 fully saturated rings. The second kappa shape index (κ2) is 11.1. The van der Waals surface area contributed by atoms with Crippen molar-refractivity contribution in [1.82, 2.24) is 29.8 Å². The number of β-lactam (4-membered cyclic amide) rings is 1. The molecule has 2 amide bonds. The maximum absolute atomic E-state index is 12.9. The van der Waals surface area contributed by atoms with Crippen LogP contribution in [0.2, 0.25) is 0 Å². The number of oxime groups is 1. The summed E-state index contributed by atoms with van der Waals surface area (Å²) in [5, 5.41) is 24.7. The van der Waals surface area contributed by atoms with Gasteiger partial charge in [0.05, 0.1) is 0 Å². The highest BCUT2D eigenvalue weighted by atomic mass is 32.2. The van der Waals surface area contributed by atoms with Crippen molar-refractivity contribution in [1.29, 1.82) is 0 Å². The molecule has 6 N–H and O–H groups in total. The number of carbonyl (C=O) groups excluding carboxylic acids is 2. The van der Waals surface area contributed by atoms with Crippen LogP contribution in [0, 0.1) is 5.41 Å². The zero-order chi connectivity index (χ0) is 25.9. The molecule has 18 heteroatoms. The number of carboxylic acids is 1. The minimum atomic E-state index is -1.18. The first-order chi connectivity index (χ1) is 17.3. The summed E-state index contributed by atoms with van der Waals surface area (Å²) < 4.78 is 4.60. The van der Waals surface area contributed by atoms with Crippen molar-refractivity contribution in [3.05, 3.63) is 23.5 Å². The van der Waals surface area contributed by atoms with Gasteiger partial charge in [-0.25, -0.2) is 0 Å². The lowest BCUT2D eigenvalue weighted by Crippen LogP contribution is -2.74. The minimum absolute atomic E-state index is 0.00826.